The highest BCUT2D eigenvalue weighted by Gasteiger charge is 2.05. The van der Waals surface area contributed by atoms with E-state index in [1.165, 1.54) is 5.56 Å². The quantitative estimate of drug-likeness (QED) is 0.828. The van der Waals surface area contributed by atoms with Gasteiger partial charge in [-0.15, -0.1) is 0 Å². The molecule has 0 aliphatic rings. The lowest BCUT2D eigenvalue weighted by Crippen LogP contribution is -2.13. The van der Waals surface area contributed by atoms with E-state index in [2.05, 4.69) is 19.1 Å². The largest absolute Gasteiger partial charge is 0.491 e. The minimum absolute atomic E-state index is 0.123. The molecule has 0 radical (unpaired) electrons. The fourth-order valence-electron chi connectivity index (χ4n) is 1.41. The first-order valence-electron chi connectivity index (χ1n) is 5.73. The lowest BCUT2D eigenvalue weighted by Gasteiger charge is -2.13. The molecule has 0 saturated carbocycles. The summed E-state index contributed by atoms with van der Waals surface area (Å²) in [5.74, 6) is 3.00. The molecule has 16 heavy (non-hydrogen) atoms. The van der Waals surface area contributed by atoms with Gasteiger partial charge in [0.05, 0.1) is 6.10 Å². The van der Waals surface area contributed by atoms with Crippen molar-refractivity contribution in [3.05, 3.63) is 29.8 Å². The maximum atomic E-state index is 6.07. The summed E-state index contributed by atoms with van der Waals surface area (Å²) in [6, 6.07) is 8.22. The van der Waals surface area contributed by atoms with Crippen molar-refractivity contribution in [3.8, 4) is 5.75 Å². The number of thioether (sulfide) groups is 1. The molecule has 0 heterocycles. The highest BCUT2D eigenvalue weighted by molar-refractivity contribution is 7.99. The number of hydrogen-bond acceptors (Lipinski definition) is 3. The van der Waals surface area contributed by atoms with Crippen LogP contribution in [0.2, 0.25) is 0 Å². The average Bonchev–Trinajstić information content (AvgIpc) is 2.26. The Labute approximate surface area is 103 Å². The van der Waals surface area contributed by atoms with Crippen LogP contribution in [0.1, 0.15) is 32.4 Å². The van der Waals surface area contributed by atoms with Crippen molar-refractivity contribution in [2.75, 3.05) is 11.5 Å². The summed E-state index contributed by atoms with van der Waals surface area (Å²) in [5.41, 5.74) is 7.25. The van der Waals surface area contributed by atoms with E-state index in [1.807, 2.05) is 37.7 Å². The molecule has 0 fully saturated rings. The molecule has 0 aliphatic carbocycles. The van der Waals surface area contributed by atoms with Gasteiger partial charge in [-0.25, -0.2) is 0 Å². The number of benzene rings is 1. The molecule has 3 heteroatoms. The molecule has 1 unspecified atom stereocenters. The van der Waals surface area contributed by atoms with E-state index in [0.717, 1.165) is 17.3 Å². The molecule has 2 nitrogen and oxygen atoms in total. The maximum absolute atomic E-state index is 6.07. The van der Waals surface area contributed by atoms with E-state index in [0.29, 0.717) is 0 Å². The fourth-order valence-corrected chi connectivity index (χ4v) is 2.09. The maximum Gasteiger partial charge on any atom is 0.119 e. The van der Waals surface area contributed by atoms with Crippen LogP contribution in [0.25, 0.3) is 0 Å². The zero-order valence-electron chi connectivity index (χ0n) is 10.3. The molecule has 0 aromatic heterocycles. The van der Waals surface area contributed by atoms with E-state index < -0.39 is 0 Å². The third-order valence-corrected chi connectivity index (χ3v) is 3.18. The van der Waals surface area contributed by atoms with Crippen LogP contribution in [0.5, 0.6) is 5.75 Å². The van der Waals surface area contributed by atoms with Crippen molar-refractivity contribution >= 4 is 11.8 Å². The van der Waals surface area contributed by atoms with E-state index in [9.17, 15) is 0 Å². The van der Waals surface area contributed by atoms with Crippen LogP contribution in [0, 0.1) is 0 Å². The van der Waals surface area contributed by atoms with Gasteiger partial charge in [0, 0.05) is 11.8 Å². The Morgan fingerprint density at radius 3 is 2.38 bits per heavy atom. The molecule has 1 atom stereocenters. The van der Waals surface area contributed by atoms with Gasteiger partial charge in [0.2, 0.25) is 0 Å². The van der Waals surface area contributed by atoms with Crippen molar-refractivity contribution in [1.29, 1.82) is 0 Å². The van der Waals surface area contributed by atoms with Crippen LogP contribution in [-0.4, -0.2) is 17.6 Å². The minimum atomic E-state index is 0.123. The first-order valence-corrected chi connectivity index (χ1v) is 6.89. The summed E-state index contributed by atoms with van der Waals surface area (Å²) in [6.45, 7) is 6.20. The SMILES string of the molecule is CCSCC(N)c1ccc(OC(C)C)cc1. The molecule has 0 saturated heterocycles. The van der Waals surface area contributed by atoms with E-state index in [-0.39, 0.29) is 12.1 Å². The molecule has 90 valence electrons. The van der Waals surface area contributed by atoms with Crippen LogP contribution >= 0.6 is 11.8 Å². The van der Waals surface area contributed by atoms with Crippen molar-refractivity contribution in [1.82, 2.24) is 0 Å². The van der Waals surface area contributed by atoms with E-state index in [1.54, 1.807) is 0 Å². The Morgan fingerprint density at radius 1 is 1.25 bits per heavy atom. The summed E-state index contributed by atoms with van der Waals surface area (Å²) < 4.78 is 5.58. The molecule has 1 aromatic carbocycles. The summed E-state index contributed by atoms with van der Waals surface area (Å²) in [6.07, 6.45) is 0.218. The highest BCUT2D eigenvalue weighted by atomic mass is 32.2. The molecule has 0 amide bonds. The van der Waals surface area contributed by atoms with Crippen molar-refractivity contribution in [3.63, 3.8) is 0 Å². The smallest absolute Gasteiger partial charge is 0.119 e. The van der Waals surface area contributed by atoms with Gasteiger partial charge in [-0.3, -0.25) is 0 Å². The highest BCUT2D eigenvalue weighted by Crippen LogP contribution is 2.20. The van der Waals surface area contributed by atoms with Crippen LogP contribution in [0.3, 0.4) is 0 Å². The van der Waals surface area contributed by atoms with Crippen molar-refractivity contribution in [2.45, 2.75) is 32.9 Å². The van der Waals surface area contributed by atoms with E-state index >= 15 is 0 Å². The lowest BCUT2D eigenvalue weighted by atomic mass is 10.1. The predicted octanol–water partition coefficient (Wildman–Crippen LogP) is 3.23. The van der Waals surface area contributed by atoms with Gasteiger partial charge in [0.25, 0.3) is 0 Å². The Kier molecular flexibility index (Phi) is 5.71. The van der Waals surface area contributed by atoms with Gasteiger partial charge in [-0.1, -0.05) is 19.1 Å². The van der Waals surface area contributed by atoms with Crippen LogP contribution < -0.4 is 10.5 Å². The van der Waals surface area contributed by atoms with Gasteiger partial charge in [0.15, 0.2) is 0 Å². The van der Waals surface area contributed by atoms with Crippen LogP contribution in [-0.2, 0) is 0 Å². The Hall–Kier alpha value is -0.670. The molecule has 1 aromatic rings. The van der Waals surface area contributed by atoms with Gasteiger partial charge in [-0.05, 0) is 37.3 Å². The molecule has 0 spiro atoms. The first-order chi connectivity index (χ1) is 7.63. The normalized spacial score (nSPS) is 12.8. The average molecular weight is 239 g/mol. The third kappa shape index (κ3) is 4.45. The molecule has 2 N–H and O–H groups in total. The summed E-state index contributed by atoms with van der Waals surface area (Å²) >= 11 is 1.87. The lowest BCUT2D eigenvalue weighted by molar-refractivity contribution is 0.242. The number of rotatable bonds is 6. The van der Waals surface area contributed by atoms with Crippen LogP contribution in [0.4, 0.5) is 0 Å². The summed E-state index contributed by atoms with van der Waals surface area (Å²) in [7, 11) is 0. The van der Waals surface area contributed by atoms with E-state index in [4.69, 9.17) is 10.5 Å². The van der Waals surface area contributed by atoms with Gasteiger partial charge in [-0.2, -0.15) is 11.8 Å². The van der Waals surface area contributed by atoms with Crippen LogP contribution in [0.15, 0.2) is 24.3 Å². The number of ether oxygens (including phenoxy) is 1. The Balaban J connectivity index is 2.56. The molecule has 0 bridgehead atoms. The molecular weight excluding hydrogens is 218 g/mol. The first kappa shape index (κ1) is 13.4. The second kappa shape index (κ2) is 6.81. The molecule has 0 aliphatic heterocycles. The monoisotopic (exact) mass is 239 g/mol. The van der Waals surface area contributed by atoms with Gasteiger partial charge >= 0.3 is 0 Å². The molecule has 1 rings (SSSR count). The zero-order chi connectivity index (χ0) is 12.0. The van der Waals surface area contributed by atoms with Crippen molar-refractivity contribution < 1.29 is 4.74 Å². The standard InChI is InChI=1S/C13H21NOS/c1-4-16-9-13(14)11-5-7-12(8-6-11)15-10(2)3/h5-8,10,13H,4,9,14H2,1-3H3. The number of nitrogens with two attached hydrogens (primary N) is 1. The molecular formula is C13H21NOS. The van der Waals surface area contributed by atoms with Gasteiger partial charge in [0.1, 0.15) is 5.75 Å². The Morgan fingerprint density at radius 2 is 1.88 bits per heavy atom. The summed E-state index contributed by atoms with van der Waals surface area (Å²) in [4.78, 5) is 0. The predicted molar refractivity (Wildman–Crippen MR) is 72.1 cm³/mol. The second-order valence-electron chi connectivity index (χ2n) is 4.00. The minimum Gasteiger partial charge on any atom is -0.491 e. The third-order valence-electron chi connectivity index (χ3n) is 2.18. The zero-order valence-corrected chi connectivity index (χ0v) is 11.1. The van der Waals surface area contributed by atoms with Gasteiger partial charge < -0.3 is 10.5 Å². The Bertz CT molecular complexity index is 297. The van der Waals surface area contributed by atoms with Crippen molar-refractivity contribution in [2.24, 2.45) is 5.73 Å². The number of hydrogen-bond donors (Lipinski definition) is 1. The second-order valence-corrected chi connectivity index (χ2v) is 5.32. The fraction of sp³-hybridized carbons (Fsp3) is 0.538. The summed E-state index contributed by atoms with van der Waals surface area (Å²) in [5, 5.41) is 0. The topological polar surface area (TPSA) is 35.2 Å².